The highest BCUT2D eigenvalue weighted by Gasteiger charge is 2.25. The predicted molar refractivity (Wildman–Crippen MR) is 119 cm³/mol. The van der Waals surface area contributed by atoms with Gasteiger partial charge in [0.05, 0.1) is 11.4 Å². The van der Waals surface area contributed by atoms with E-state index in [4.69, 9.17) is 0 Å². The number of anilines is 1. The third-order valence-corrected chi connectivity index (χ3v) is 6.93. The molecule has 0 atom stereocenters. The summed E-state index contributed by atoms with van der Waals surface area (Å²) in [5, 5.41) is 7.74. The second kappa shape index (κ2) is 10.9. The molecule has 0 radical (unpaired) electrons. The van der Waals surface area contributed by atoms with Crippen LogP contribution in [0.1, 0.15) is 31.2 Å². The number of hydrogen-bond acceptors (Lipinski definition) is 5. The molecule has 166 valence electrons. The molecule has 3 amide bonds. The number of nitrogens with one attached hydrogen (secondary N) is 3. The molecule has 0 saturated carbocycles. The first-order chi connectivity index (χ1) is 14.9. The molecule has 0 unspecified atom stereocenters. The minimum atomic E-state index is -3.57. The number of imide groups is 1. The van der Waals surface area contributed by atoms with Crippen molar-refractivity contribution >= 4 is 27.6 Å². The summed E-state index contributed by atoms with van der Waals surface area (Å²) in [7, 11) is -3.57. The van der Waals surface area contributed by atoms with E-state index in [-0.39, 0.29) is 11.4 Å². The van der Waals surface area contributed by atoms with Crippen LogP contribution in [0.4, 0.5) is 10.5 Å². The Kier molecular flexibility index (Phi) is 8.02. The Morgan fingerprint density at radius 3 is 2.32 bits per heavy atom. The fourth-order valence-corrected chi connectivity index (χ4v) is 4.94. The molecule has 0 aliphatic carbocycles. The van der Waals surface area contributed by atoms with Crippen LogP contribution in [0.25, 0.3) is 0 Å². The minimum Gasteiger partial charge on any atom is -0.376 e. The molecule has 8 nitrogen and oxygen atoms in total. The SMILES string of the molecule is O=C(CNc1cccc(S(=O)(=O)N2CCCCCC2)c1)NC(=O)NCc1ccccc1. The summed E-state index contributed by atoms with van der Waals surface area (Å²) in [6, 6.07) is 15.2. The van der Waals surface area contributed by atoms with Crippen LogP contribution in [0.2, 0.25) is 0 Å². The lowest BCUT2D eigenvalue weighted by Gasteiger charge is -2.20. The van der Waals surface area contributed by atoms with E-state index in [1.807, 2.05) is 30.3 Å². The summed E-state index contributed by atoms with van der Waals surface area (Å²) >= 11 is 0. The molecule has 31 heavy (non-hydrogen) atoms. The van der Waals surface area contributed by atoms with E-state index in [0.717, 1.165) is 31.2 Å². The first-order valence-corrected chi connectivity index (χ1v) is 11.8. The highest BCUT2D eigenvalue weighted by atomic mass is 32.2. The Balaban J connectivity index is 1.51. The van der Waals surface area contributed by atoms with Gasteiger partial charge in [0.15, 0.2) is 0 Å². The molecule has 1 fully saturated rings. The van der Waals surface area contributed by atoms with Gasteiger partial charge in [-0.25, -0.2) is 13.2 Å². The Labute approximate surface area is 183 Å². The number of benzene rings is 2. The summed E-state index contributed by atoms with van der Waals surface area (Å²) in [5.74, 6) is -0.522. The Morgan fingerprint density at radius 2 is 1.61 bits per heavy atom. The molecule has 0 bridgehead atoms. The van der Waals surface area contributed by atoms with Gasteiger partial charge in [0.1, 0.15) is 0 Å². The van der Waals surface area contributed by atoms with Crippen LogP contribution in [0.5, 0.6) is 0 Å². The van der Waals surface area contributed by atoms with Crippen molar-refractivity contribution in [3.8, 4) is 0 Å². The molecule has 1 aliphatic rings. The van der Waals surface area contributed by atoms with Crippen molar-refractivity contribution in [3.63, 3.8) is 0 Å². The van der Waals surface area contributed by atoms with Gasteiger partial charge < -0.3 is 10.6 Å². The van der Waals surface area contributed by atoms with Crippen molar-refractivity contribution in [2.24, 2.45) is 0 Å². The zero-order valence-electron chi connectivity index (χ0n) is 17.3. The van der Waals surface area contributed by atoms with E-state index in [0.29, 0.717) is 25.3 Å². The van der Waals surface area contributed by atoms with Crippen molar-refractivity contribution in [1.29, 1.82) is 0 Å². The number of hydrogen-bond donors (Lipinski definition) is 3. The molecule has 3 N–H and O–H groups in total. The average molecular weight is 445 g/mol. The van der Waals surface area contributed by atoms with E-state index >= 15 is 0 Å². The molecule has 0 spiro atoms. The van der Waals surface area contributed by atoms with Crippen LogP contribution in [-0.4, -0.2) is 44.3 Å². The molecule has 1 saturated heterocycles. The highest BCUT2D eigenvalue weighted by Crippen LogP contribution is 2.22. The second-order valence-corrected chi connectivity index (χ2v) is 9.35. The van der Waals surface area contributed by atoms with Gasteiger partial charge in [0.25, 0.3) is 0 Å². The standard InChI is InChI=1S/C22H28N4O4S/c27-21(25-22(28)24-16-18-9-4-3-5-10-18)17-23-19-11-8-12-20(15-19)31(29,30)26-13-6-1-2-7-14-26/h3-5,8-12,15,23H,1-2,6-7,13-14,16-17H2,(H2,24,25,27,28). The van der Waals surface area contributed by atoms with Gasteiger partial charge in [-0.1, -0.05) is 49.2 Å². The van der Waals surface area contributed by atoms with E-state index in [2.05, 4.69) is 16.0 Å². The van der Waals surface area contributed by atoms with E-state index in [1.165, 1.54) is 10.4 Å². The topological polar surface area (TPSA) is 108 Å². The lowest BCUT2D eigenvalue weighted by Crippen LogP contribution is -2.41. The van der Waals surface area contributed by atoms with Crippen LogP contribution in [0.15, 0.2) is 59.5 Å². The minimum absolute atomic E-state index is 0.161. The Bertz CT molecular complexity index is 988. The zero-order valence-corrected chi connectivity index (χ0v) is 18.2. The summed E-state index contributed by atoms with van der Waals surface area (Å²) in [4.78, 5) is 24.1. The highest BCUT2D eigenvalue weighted by molar-refractivity contribution is 7.89. The second-order valence-electron chi connectivity index (χ2n) is 7.42. The van der Waals surface area contributed by atoms with Crippen molar-refractivity contribution in [1.82, 2.24) is 14.9 Å². The van der Waals surface area contributed by atoms with Crippen LogP contribution < -0.4 is 16.0 Å². The number of carbonyl (C=O) groups is 2. The Hall–Kier alpha value is -2.91. The maximum atomic E-state index is 12.9. The number of urea groups is 1. The van der Waals surface area contributed by atoms with Gasteiger partial charge in [0.2, 0.25) is 15.9 Å². The van der Waals surface area contributed by atoms with Crippen LogP contribution in [0, 0.1) is 0 Å². The van der Waals surface area contributed by atoms with Crippen LogP contribution in [-0.2, 0) is 21.4 Å². The summed E-state index contributed by atoms with van der Waals surface area (Å²) < 4.78 is 27.4. The van der Waals surface area contributed by atoms with E-state index in [1.54, 1.807) is 18.2 Å². The molecule has 0 aromatic heterocycles. The molecule has 3 rings (SSSR count). The smallest absolute Gasteiger partial charge is 0.321 e. The molecular weight excluding hydrogens is 416 g/mol. The normalized spacial score (nSPS) is 15.0. The lowest BCUT2D eigenvalue weighted by atomic mass is 10.2. The first kappa shape index (κ1) is 22.8. The molecule has 2 aromatic carbocycles. The number of nitrogens with zero attached hydrogens (tertiary/aromatic N) is 1. The predicted octanol–water partition coefficient (Wildman–Crippen LogP) is 2.69. The van der Waals surface area contributed by atoms with E-state index < -0.39 is 22.0 Å². The third kappa shape index (κ3) is 6.80. The molecule has 1 heterocycles. The van der Waals surface area contributed by atoms with Crippen molar-refractivity contribution in [2.45, 2.75) is 37.1 Å². The zero-order chi connectivity index (χ0) is 22.1. The average Bonchev–Trinajstić information content (AvgIpc) is 3.07. The molecule has 1 aliphatic heterocycles. The van der Waals surface area contributed by atoms with Gasteiger partial charge in [0, 0.05) is 25.3 Å². The quantitative estimate of drug-likeness (QED) is 0.609. The van der Waals surface area contributed by atoms with Crippen molar-refractivity contribution in [3.05, 3.63) is 60.2 Å². The third-order valence-electron chi connectivity index (χ3n) is 5.04. The number of carbonyl (C=O) groups excluding carboxylic acids is 2. The summed E-state index contributed by atoms with van der Waals surface area (Å²) in [6.07, 6.45) is 3.82. The Morgan fingerprint density at radius 1 is 0.903 bits per heavy atom. The van der Waals surface area contributed by atoms with Gasteiger partial charge >= 0.3 is 6.03 Å². The van der Waals surface area contributed by atoms with Gasteiger partial charge in [-0.2, -0.15) is 4.31 Å². The fraction of sp³-hybridized carbons (Fsp3) is 0.364. The van der Waals surface area contributed by atoms with E-state index in [9.17, 15) is 18.0 Å². The number of rotatable bonds is 7. The van der Waals surface area contributed by atoms with Gasteiger partial charge in [-0.3, -0.25) is 10.1 Å². The fourth-order valence-electron chi connectivity index (χ4n) is 3.37. The molecule has 2 aromatic rings. The molecular formula is C22H28N4O4S. The van der Waals surface area contributed by atoms with Crippen LogP contribution >= 0.6 is 0 Å². The van der Waals surface area contributed by atoms with Gasteiger partial charge in [-0.15, -0.1) is 0 Å². The number of amides is 3. The lowest BCUT2D eigenvalue weighted by molar-refractivity contribution is -0.118. The molecule has 9 heteroatoms. The van der Waals surface area contributed by atoms with Crippen LogP contribution in [0.3, 0.4) is 0 Å². The maximum absolute atomic E-state index is 12.9. The van der Waals surface area contributed by atoms with Gasteiger partial charge in [-0.05, 0) is 36.6 Å². The monoisotopic (exact) mass is 444 g/mol. The van der Waals surface area contributed by atoms with Crippen molar-refractivity contribution < 1.29 is 18.0 Å². The maximum Gasteiger partial charge on any atom is 0.321 e. The largest absolute Gasteiger partial charge is 0.376 e. The summed E-state index contributed by atoms with van der Waals surface area (Å²) in [5.41, 5.74) is 1.42. The summed E-state index contributed by atoms with van der Waals surface area (Å²) in [6.45, 7) is 1.21. The first-order valence-electron chi connectivity index (χ1n) is 10.4. The van der Waals surface area contributed by atoms with Crippen molar-refractivity contribution in [2.75, 3.05) is 25.0 Å². The number of sulfonamides is 1.